The minimum absolute atomic E-state index is 0. The quantitative estimate of drug-likeness (QED) is 0.754. The highest BCUT2D eigenvalue weighted by atomic mass is 35.5. The molecule has 0 saturated carbocycles. The van der Waals surface area contributed by atoms with Crippen LogP contribution in [-0.4, -0.2) is 10.1 Å². The molecular weight excluding hydrogens is 319 g/mol. The first kappa shape index (κ1) is 18.2. The van der Waals surface area contributed by atoms with E-state index in [1.807, 2.05) is 36.4 Å². The van der Waals surface area contributed by atoms with Crippen molar-refractivity contribution in [2.24, 2.45) is 0 Å². The maximum Gasteiger partial charge on any atom is 0.141 e. The van der Waals surface area contributed by atoms with Crippen LogP contribution in [0.4, 0.5) is 0 Å². The molecule has 0 aliphatic rings. The highest BCUT2D eigenvalue weighted by Gasteiger charge is 2.05. The van der Waals surface area contributed by atoms with Crippen molar-refractivity contribution in [2.45, 2.75) is 13.1 Å². The fraction of sp³-hybridized carbons (Fsp3) is 0.118. The Hall–Kier alpha value is -1.81. The molecule has 1 aromatic heterocycles. The molecule has 0 radical (unpaired) electrons. The van der Waals surface area contributed by atoms with Crippen molar-refractivity contribution in [2.75, 3.05) is 0 Å². The van der Waals surface area contributed by atoms with Crippen molar-refractivity contribution in [3.63, 3.8) is 0 Å². The van der Waals surface area contributed by atoms with Gasteiger partial charge >= 0.3 is 0 Å². The number of aromatic nitrogens is 1. The number of aromatic hydroxyl groups is 1. The summed E-state index contributed by atoms with van der Waals surface area (Å²) in [6, 6.07) is 17.8. The van der Waals surface area contributed by atoms with Crippen LogP contribution in [0.25, 0.3) is 10.9 Å². The number of halogens is 2. The van der Waals surface area contributed by atoms with E-state index >= 15 is 0 Å². The smallest absolute Gasteiger partial charge is 0.141 e. The van der Waals surface area contributed by atoms with Gasteiger partial charge in [-0.05, 0) is 23.3 Å². The normalized spacial score (nSPS) is 9.82. The Morgan fingerprint density at radius 3 is 2.41 bits per heavy atom. The number of fused-ring (bicyclic) bond motifs is 1. The predicted molar refractivity (Wildman–Crippen MR) is 94.9 cm³/mol. The number of hydrogen-bond donors (Lipinski definition) is 2. The van der Waals surface area contributed by atoms with Crippen molar-refractivity contribution in [3.8, 4) is 5.75 Å². The minimum atomic E-state index is 0. The molecule has 2 N–H and O–H groups in total. The van der Waals surface area contributed by atoms with Crippen LogP contribution in [0.5, 0.6) is 5.75 Å². The zero-order valence-electron chi connectivity index (χ0n) is 11.9. The predicted octanol–water partition coefficient (Wildman–Crippen LogP) is 4.07. The minimum Gasteiger partial charge on any atom is -0.506 e. The molecule has 0 unspecified atom stereocenters. The molecule has 3 aromatic rings. The molecule has 0 bridgehead atoms. The second-order valence-corrected chi connectivity index (χ2v) is 4.73. The van der Waals surface area contributed by atoms with Crippen molar-refractivity contribution >= 4 is 35.7 Å². The van der Waals surface area contributed by atoms with Gasteiger partial charge in [0.15, 0.2) is 0 Å². The van der Waals surface area contributed by atoms with Crippen molar-refractivity contribution in [1.82, 2.24) is 10.3 Å². The number of rotatable bonds is 4. The van der Waals surface area contributed by atoms with E-state index in [2.05, 4.69) is 22.4 Å². The second kappa shape index (κ2) is 8.59. The van der Waals surface area contributed by atoms with E-state index in [1.165, 1.54) is 5.56 Å². The summed E-state index contributed by atoms with van der Waals surface area (Å²) < 4.78 is 0. The average molecular weight is 337 g/mol. The Bertz CT molecular complexity index is 720. The van der Waals surface area contributed by atoms with E-state index in [0.29, 0.717) is 5.52 Å². The van der Waals surface area contributed by atoms with Crippen molar-refractivity contribution in [3.05, 3.63) is 71.9 Å². The second-order valence-electron chi connectivity index (χ2n) is 4.73. The van der Waals surface area contributed by atoms with E-state index in [1.54, 1.807) is 12.3 Å². The van der Waals surface area contributed by atoms with Gasteiger partial charge < -0.3 is 10.4 Å². The van der Waals surface area contributed by atoms with Gasteiger partial charge in [0, 0.05) is 24.7 Å². The fourth-order valence-corrected chi connectivity index (χ4v) is 2.31. The third kappa shape index (κ3) is 4.10. The lowest BCUT2D eigenvalue weighted by molar-refractivity contribution is 0.480. The number of pyridine rings is 1. The summed E-state index contributed by atoms with van der Waals surface area (Å²) in [4.78, 5) is 4.23. The van der Waals surface area contributed by atoms with Gasteiger partial charge in [-0.2, -0.15) is 0 Å². The lowest BCUT2D eigenvalue weighted by Gasteiger charge is -2.09. The number of benzene rings is 2. The Kier molecular flexibility index (Phi) is 7.12. The van der Waals surface area contributed by atoms with Crippen LogP contribution in [0, 0.1) is 0 Å². The highest BCUT2D eigenvalue weighted by molar-refractivity contribution is 5.87. The van der Waals surface area contributed by atoms with Crippen LogP contribution in [0.2, 0.25) is 0 Å². The van der Waals surface area contributed by atoms with Crippen LogP contribution in [-0.2, 0) is 13.1 Å². The molecule has 3 nitrogen and oxygen atoms in total. The summed E-state index contributed by atoms with van der Waals surface area (Å²) in [7, 11) is 0. The van der Waals surface area contributed by atoms with E-state index in [-0.39, 0.29) is 30.6 Å². The zero-order valence-corrected chi connectivity index (χ0v) is 13.5. The van der Waals surface area contributed by atoms with Crippen molar-refractivity contribution in [1.29, 1.82) is 0 Å². The van der Waals surface area contributed by atoms with E-state index in [9.17, 15) is 5.11 Å². The first-order valence-electron chi connectivity index (χ1n) is 6.65. The Morgan fingerprint density at radius 2 is 1.64 bits per heavy atom. The van der Waals surface area contributed by atoms with Gasteiger partial charge in [-0.1, -0.05) is 42.5 Å². The fourth-order valence-electron chi connectivity index (χ4n) is 2.31. The molecule has 3 rings (SSSR count). The number of phenolic OH excluding ortho intramolecular Hbond substituents is 1. The summed E-state index contributed by atoms with van der Waals surface area (Å²) in [6.07, 6.45) is 1.70. The topological polar surface area (TPSA) is 45.1 Å². The standard InChI is InChI=1S/C17H16N2O.2ClH/c20-16-9-8-14(15-7-4-10-19-17(15)16)12-18-11-13-5-2-1-3-6-13;;/h1-10,18,20H,11-12H2;2*1H. The summed E-state index contributed by atoms with van der Waals surface area (Å²) in [5, 5.41) is 14.2. The van der Waals surface area contributed by atoms with Gasteiger partial charge in [0.2, 0.25) is 0 Å². The first-order valence-corrected chi connectivity index (χ1v) is 6.65. The molecule has 0 spiro atoms. The Labute approximate surface area is 142 Å². The van der Waals surface area contributed by atoms with Crippen LogP contribution >= 0.6 is 24.8 Å². The molecule has 0 fully saturated rings. The molecule has 0 saturated heterocycles. The Balaban J connectivity index is 0.00000121. The summed E-state index contributed by atoms with van der Waals surface area (Å²) in [6.45, 7) is 1.57. The van der Waals surface area contributed by atoms with Crippen LogP contribution in [0.15, 0.2) is 60.8 Å². The van der Waals surface area contributed by atoms with Crippen LogP contribution in [0.1, 0.15) is 11.1 Å². The van der Waals surface area contributed by atoms with Gasteiger partial charge in [-0.3, -0.25) is 4.98 Å². The summed E-state index contributed by atoms with van der Waals surface area (Å²) >= 11 is 0. The molecule has 116 valence electrons. The number of nitrogens with one attached hydrogen (secondary N) is 1. The van der Waals surface area contributed by atoms with Gasteiger partial charge in [-0.25, -0.2) is 0 Å². The SMILES string of the molecule is Cl.Cl.Oc1ccc(CNCc2ccccc2)c2cccnc12. The van der Waals surface area contributed by atoms with Gasteiger partial charge in [0.25, 0.3) is 0 Å². The highest BCUT2D eigenvalue weighted by Crippen LogP contribution is 2.25. The Morgan fingerprint density at radius 1 is 0.864 bits per heavy atom. The lowest BCUT2D eigenvalue weighted by atomic mass is 10.1. The summed E-state index contributed by atoms with van der Waals surface area (Å²) in [5.41, 5.74) is 3.06. The zero-order chi connectivity index (χ0) is 13.8. The van der Waals surface area contributed by atoms with E-state index in [4.69, 9.17) is 0 Å². The van der Waals surface area contributed by atoms with Gasteiger partial charge in [0.05, 0.1) is 0 Å². The molecule has 22 heavy (non-hydrogen) atoms. The number of phenols is 1. The average Bonchev–Trinajstić information content (AvgIpc) is 2.51. The molecule has 0 aliphatic carbocycles. The van der Waals surface area contributed by atoms with Crippen LogP contribution < -0.4 is 5.32 Å². The molecular formula is C17H18Cl2N2O. The maximum absolute atomic E-state index is 9.82. The van der Waals surface area contributed by atoms with Gasteiger partial charge in [0.1, 0.15) is 11.3 Å². The van der Waals surface area contributed by atoms with Crippen LogP contribution in [0.3, 0.4) is 0 Å². The number of hydrogen-bond acceptors (Lipinski definition) is 3. The number of nitrogens with zero attached hydrogens (tertiary/aromatic N) is 1. The largest absolute Gasteiger partial charge is 0.506 e. The third-order valence-corrected chi connectivity index (χ3v) is 3.33. The first-order chi connectivity index (χ1) is 9.84. The van der Waals surface area contributed by atoms with E-state index in [0.717, 1.165) is 24.0 Å². The lowest BCUT2D eigenvalue weighted by Crippen LogP contribution is -2.12. The molecule has 1 heterocycles. The van der Waals surface area contributed by atoms with Crippen molar-refractivity contribution < 1.29 is 5.11 Å². The molecule has 0 amide bonds. The molecule has 0 aliphatic heterocycles. The molecule has 5 heteroatoms. The monoisotopic (exact) mass is 336 g/mol. The maximum atomic E-state index is 9.82. The van der Waals surface area contributed by atoms with Gasteiger partial charge in [-0.15, -0.1) is 24.8 Å². The molecule has 0 atom stereocenters. The third-order valence-electron chi connectivity index (χ3n) is 3.33. The summed E-state index contributed by atoms with van der Waals surface area (Å²) in [5.74, 6) is 0.229. The van der Waals surface area contributed by atoms with E-state index < -0.39 is 0 Å². The molecule has 2 aromatic carbocycles.